The molecule has 0 aliphatic heterocycles. The number of ether oxygens (including phenoxy) is 1. The minimum Gasteiger partial charge on any atom is -0.480 e. The monoisotopic (exact) mass is 236 g/mol. The van der Waals surface area contributed by atoms with Gasteiger partial charge in [0, 0.05) is 16.6 Å². The van der Waals surface area contributed by atoms with Crippen molar-refractivity contribution >= 4 is 5.69 Å². The normalized spacial score (nSPS) is 12.4. The fourth-order valence-corrected chi connectivity index (χ4v) is 1.51. The molecule has 0 bridgehead atoms. The van der Waals surface area contributed by atoms with Crippen LogP contribution in [0.15, 0.2) is 12.1 Å². The Labute approximate surface area is 105 Å². The summed E-state index contributed by atoms with van der Waals surface area (Å²) in [6, 6.07) is 4.09. The van der Waals surface area contributed by atoms with E-state index in [0.717, 1.165) is 11.4 Å². The van der Waals surface area contributed by atoms with Crippen LogP contribution in [0.1, 0.15) is 47.2 Å². The zero-order chi connectivity index (χ0) is 13.3. The predicted molar refractivity (Wildman–Crippen MR) is 72.9 cm³/mol. The van der Waals surface area contributed by atoms with E-state index in [0.29, 0.717) is 5.88 Å². The van der Waals surface area contributed by atoms with Crippen molar-refractivity contribution < 1.29 is 4.74 Å². The quantitative estimate of drug-likeness (QED) is 0.852. The lowest BCUT2D eigenvalue weighted by Crippen LogP contribution is -2.26. The van der Waals surface area contributed by atoms with Gasteiger partial charge >= 0.3 is 0 Å². The van der Waals surface area contributed by atoms with Crippen molar-refractivity contribution in [2.45, 2.75) is 52.5 Å². The molecule has 1 aromatic heterocycles. The lowest BCUT2D eigenvalue weighted by molar-refractivity contribution is 0.392. The number of hydrogen-bond donors (Lipinski definition) is 1. The van der Waals surface area contributed by atoms with Crippen LogP contribution in [0, 0.1) is 0 Å². The summed E-state index contributed by atoms with van der Waals surface area (Å²) in [5.41, 5.74) is 2.01. The second-order valence-corrected chi connectivity index (χ2v) is 6.38. The Kier molecular flexibility index (Phi) is 3.70. The van der Waals surface area contributed by atoms with Crippen molar-refractivity contribution in [3.8, 4) is 5.88 Å². The first-order valence-electron chi connectivity index (χ1n) is 5.97. The Hall–Kier alpha value is -1.25. The fraction of sp³-hybridized carbons (Fsp3) is 0.643. The molecule has 0 aromatic carbocycles. The maximum absolute atomic E-state index is 5.35. The zero-order valence-corrected chi connectivity index (χ0v) is 12.0. The van der Waals surface area contributed by atoms with E-state index in [1.165, 1.54) is 0 Å². The molecule has 3 heteroatoms. The number of hydrogen-bond acceptors (Lipinski definition) is 3. The van der Waals surface area contributed by atoms with Crippen LogP contribution in [0.4, 0.5) is 5.69 Å². The van der Waals surface area contributed by atoms with E-state index in [2.05, 4.69) is 57.9 Å². The molecule has 0 saturated carbocycles. The fourth-order valence-electron chi connectivity index (χ4n) is 1.51. The van der Waals surface area contributed by atoms with Crippen LogP contribution in [-0.4, -0.2) is 17.6 Å². The molecular weight excluding hydrogens is 212 g/mol. The van der Waals surface area contributed by atoms with E-state index in [9.17, 15) is 0 Å². The van der Waals surface area contributed by atoms with Crippen LogP contribution in [0.5, 0.6) is 5.88 Å². The molecular formula is C14H24N2O. The molecule has 0 aliphatic carbocycles. The van der Waals surface area contributed by atoms with E-state index in [1.807, 2.05) is 6.07 Å². The summed E-state index contributed by atoms with van der Waals surface area (Å²) in [5.74, 6) is 0.660. The Balaban J connectivity index is 3.10. The Morgan fingerprint density at radius 1 is 1.06 bits per heavy atom. The molecule has 17 heavy (non-hydrogen) atoms. The van der Waals surface area contributed by atoms with Gasteiger partial charge in [0.1, 0.15) is 0 Å². The summed E-state index contributed by atoms with van der Waals surface area (Å²) in [7, 11) is 1.66. The van der Waals surface area contributed by atoms with Gasteiger partial charge in [0.15, 0.2) is 0 Å². The standard InChI is InChI=1S/C14H24N2O/c1-13(2,3)11-9-8-10(12(15-11)17-7)16-14(4,5)6/h8-9,16H,1-7H3. The maximum atomic E-state index is 5.35. The summed E-state index contributed by atoms with van der Waals surface area (Å²) in [4.78, 5) is 4.56. The highest BCUT2D eigenvalue weighted by molar-refractivity contribution is 5.54. The molecule has 1 aromatic rings. The second kappa shape index (κ2) is 4.55. The number of methoxy groups -OCH3 is 1. The van der Waals surface area contributed by atoms with Crippen LogP contribution in [0.2, 0.25) is 0 Å². The molecule has 0 unspecified atom stereocenters. The molecule has 0 fully saturated rings. The second-order valence-electron chi connectivity index (χ2n) is 6.38. The SMILES string of the molecule is COc1nc(C(C)(C)C)ccc1NC(C)(C)C. The molecule has 0 amide bonds. The third-order valence-electron chi connectivity index (χ3n) is 2.33. The molecule has 0 spiro atoms. The minimum absolute atomic E-state index is 0.00178. The smallest absolute Gasteiger partial charge is 0.237 e. The molecule has 1 heterocycles. The number of anilines is 1. The van der Waals surface area contributed by atoms with Crippen molar-refractivity contribution in [1.29, 1.82) is 0 Å². The molecule has 96 valence electrons. The van der Waals surface area contributed by atoms with Crippen LogP contribution >= 0.6 is 0 Å². The van der Waals surface area contributed by atoms with Gasteiger partial charge in [-0.2, -0.15) is 0 Å². The number of rotatable bonds is 2. The van der Waals surface area contributed by atoms with E-state index in [4.69, 9.17) is 4.74 Å². The topological polar surface area (TPSA) is 34.1 Å². The highest BCUT2D eigenvalue weighted by Gasteiger charge is 2.19. The molecule has 1 rings (SSSR count). The van der Waals surface area contributed by atoms with Crippen LogP contribution in [-0.2, 0) is 5.41 Å². The zero-order valence-electron chi connectivity index (χ0n) is 12.0. The molecule has 0 atom stereocenters. The van der Waals surface area contributed by atoms with Crippen molar-refractivity contribution in [3.63, 3.8) is 0 Å². The molecule has 0 radical (unpaired) electrons. The summed E-state index contributed by atoms with van der Waals surface area (Å²) in [6.45, 7) is 12.8. The molecule has 0 saturated heterocycles. The highest BCUT2D eigenvalue weighted by atomic mass is 16.5. The van der Waals surface area contributed by atoms with Crippen molar-refractivity contribution in [2.75, 3.05) is 12.4 Å². The summed E-state index contributed by atoms with van der Waals surface area (Å²) in [5, 5.41) is 3.39. The molecule has 0 aliphatic rings. The van der Waals surface area contributed by atoms with E-state index >= 15 is 0 Å². The first-order valence-corrected chi connectivity index (χ1v) is 5.97. The number of pyridine rings is 1. The first kappa shape index (κ1) is 13.8. The summed E-state index contributed by atoms with van der Waals surface area (Å²) >= 11 is 0. The number of aromatic nitrogens is 1. The lowest BCUT2D eigenvalue weighted by atomic mass is 9.91. The van der Waals surface area contributed by atoms with E-state index < -0.39 is 0 Å². The third kappa shape index (κ3) is 3.91. The van der Waals surface area contributed by atoms with Crippen LogP contribution in [0.3, 0.4) is 0 Å². The van der Waals surface area contributed by atoms with Crippen LogP contribution in [0.25, 0.3) is 0 Å². The molecule has 1 N–H and O–H groups in total. The maximum Gasteiger partial charge on any atom is 0.237 e. The Morgan fingerprint density at radius 3 is 2.06 bits per heavy atom. The Morgan fingerprint density at radius 2 is 1.65 bits per heavy atom. The predicted octanol–water partition coefficient (Wildman–Crippen LogP) is 3.60. The average Bonchev–Trinajstić information content (AvgIpc) is 2.14. The summed E-state index contributed by atoms with van der Waals surface area (Å²) < 4.78 is 5.35. The van der Waals surface area contributed by atoms with Gasteiger partial charge in [0.2, 0.25) is 5.88 Å². The van der Waals surface area contributed by atoms with E-state index in [1.54, 1.807) is 7.11 Å². The van der Waals surface area contributed by atoms with Gasteiger partial charge in [-0.1, -0.05) is 20.8 Å². The molecule has 3 nitrogen and oxygen atoms in total. The van der Waals surface area contributed by atoms with Crippen molar-refractivity contribution in [1.82, 2.24) is 4.98 Å². The van der Waals surface area contributed by atoms with Crippen molar-refractivity contribution in [2.24, 2.45) is 0 Å². The first-order chi connectivity index (χ1) is 7.63. The van der Waals surface area contributed by atoms with Gasteiger partial charge in [-0.05, 0) is 32.9 Å². The van der Waals surface area contributed by atoms with Gasteiger partial charge < -0.3 is 10.1 Å². The average molecular weight is 236 g/mol. The van der Waals surface area contributed by atoms with Gasteiger partial charge in [0.05, 0.1) is 12.8 Å². The van der Waals surface area contributed by atoms with Gasteiger partial charge in [-0.25, -0.2) is 4.98 Å². The lowest BCUT2D eigenvalue weighted by Gasteiger charge is -2.25. The van der Waals surface area contributed by atoms with Crippen LogP contribution < -0.4 is 10.1 Å². The Bertz CT molecular complexity index is 386. The number of nitrogens with zero attached hydrogens (tertiary/aromatic N) is 1. The minimum atomic E-state index is -0.00178. The highest BCUT2D eigenvalue weighted by Crippen LogP contribution is 2.29. The summed E-state index contributed by atoms with van der Waals surface area (Å²) in [6.07, 6.45) is 0. The van der Waals surface area contributed by atoms with Gasteiger partial charge in [-0.3, -0.25) is 0 Å². The third-order valence-corrected chi connectivity index (χ3v) is 2.33. The van der Waals surface area contributed by atoms with Gasteiger partial charge in [0.25, 0.3) is 0 Å². The largest absolute Gasteiger partial charge is 0.480 e. The van der Waals surface area contributed by atoms with Gasteiger partial charge in [-0.15, -0.1) is 0 Å². The van der Waals surface area contributed by atoms with Crippen molar-refractivity contribution in [3.05, 3.63) is 17.8 Å². The van der Waals surface area contributed by atoms with E-state index in [-0.39, 0.29) is 11.0 Å². The number of nitrogens with one attached hydrogen (secondary N) is 1.